The molecule has 0 fully saturated rings. The zero-order valence-electron chi connectivity index (χ0n) is 14.8. The van der Waals surface area contributed by atoms with Crippen LogP contribution in [0.2, 0.25) is 0 Å². The molecule has 27 heavy (non-hydrogen) atoms. The SMILES string of the molecule is CCn1c(NC(=O)c2ccc(Cn3ccccc3=O)o2)nc2ccccc21. The van der Waals surface area contributed by atoms with Crippen molar-refractivity contribution < 1.29 is 9.21 Å². The van der Waals surface area contributed by atoms with Crippen molar-refractivity contribution in [3.63, 3.8) is 0 Å². The van der Waals surface area contributed by atoms with Gasteiger partial charge in [0.05, 0.1) is 17.6 Å². The highest BCUT2D eigenvalue weighted by atomic mass is 16.4. The van der Waals surface area contributed by atoms with E-state index in [4.69, 9.17) is 4.42 Å². The van der Waals surface area contributed by atoms with Gasteiger partial charge in [-0.3, -0.25) is 14.9 Å². The number of aryl methyl sites for hydroxylation is 1. The number of nitrogens with one attached hydrogen (secondary N) is 1. The molecule has 0 bridgehead atoms. The van der Waals surface area contributed by atoms with E-state index in [0.717, 1.165) is 11.0 Å². The van der Waals surface area contributed by atoms with E-state index in [-0.39, 0.29) is 23.8 Å². The van der Waals surface area contributed by atoms with Gasteiger partial charge in [0.25, 0.3) is 11.5 Å². The van der Waals surface area contributed by atoms with Gasteiger partial charge in [-0.25, -0.2) is 4.98 Å². The van der Waals surface area contributed by atoms with E-state index in [1.165, 1.54) is 10.6 Å². The van der Waals surface area contributed by atoms with Gasteiger partial charge in [-0.15, -0.1) is 0 Å². The number of aromatic nitrogens is 3. The highest BCUT2D eigenvalue weighted by Gasteiger charge is 2.16. The molecule has 3 aromatic heterocycles. The van der Waals surface area contributed by atoms with Crippen molar-refractivity contribution in [2.45, 2.75) is 20.0 Å². The van der Waals surface area contributed by atoms with Crippen molar-refractivity contribution in [3.05, 3.63) is 82.7 Å². The maximum atomic E-state index is 12.6. The van der Waals surface area contributed by atoms with Crippen molar-refractivity contribution >= 4 is 22.9 Å². The van der Waals surface area contributed by atoms with Gasteiger partial charge in [0, 0.05) is 18.8 Å². The molecule has 1 aromatic carbocycles. The first-order chi connectivity index (χ1) is 13.2. The van der Waals surface area contributed by atoms with Crippen molar-refractivity contribution in [2.24, 2.45) is 0 Å². The molecule has 0 radical (unpaired) electrons. The van der Waals surface area contributed by atoms with E-state index in [0.29, 0.717) is 18.3 Å². The number of para-hydroxylation sites is 2. The summed E-state index contributed by atoms with van der Waals surface area (Å²) >= 11 is 0. The van der Waals surface area contributed by atoms with Gasteiger partial charge in [0.1, 0.15) is 5.76 Å². The Kier molecular flexibility index (Phi) is 4.33. The Morgan fingerprint density at radius 2 is 1.93 bits per heavy atom. The largest absolute Gasteiger partial charge is 0.454 e. The lowest BCUT2D eigenvalue weighted by Gasteiger charge is -2.06. The third kappa shape index (κ3) is 3.27. The van der Waals surface area contributed by atoms with Crippen LogP contribution < -0.4 is 10.9 Å². The number of nitrogens with zero attached hydrogens (tertiary/aromatic N) is 3. The predicted molar refractivity (Wildman–Crippen MR) is 102 cm³/mol. The van der Waals surface area contributed by atoms with Crippen LogP contribution in [0.3, 0.4) is 0 Å². The van der Waals surface area contributed by atoms with Gasteiger partial charge in [-0.1, -0.05) is 18.2 Å². The third-order valence-corrected chi connectivity index (χ3v) is 4.31. The second kappa shape index (κ2) is 6.95. The van der Waals surface area contributed by atoms with Crippen LogP contribution in [0.5, 0.6) is 0 Å². The fourth-order valence-electron chi connectivity index (χ4n) is 3.00. The lowest BCUT2D eigenvalue weighted by atomic mass is 10.3. The molecule has 3 heterocycles. The van der Waals surface area contributed by atoms with Gasteiger partial charge in [-0.05, 0) is 37.3 Å². The molecular weight excluding hydrogens is 344 g/mol. The summed E-state index contributed by atoms with van der Waals surface area (Å²) in [5.41, 5.74) is 1.65. The lowest BCUT2D eigenvalue weighted by molar-refractivity contribution is 0.0993. The van der Waals surface area contributed by atoms with Crippen LogP contribution in [0.25, 0.3) is 11.0 Å². The first-order valence-electron chi connectivity index (χ1n) is 8.66. The zero-order valence-corrected chi connectivity index (χ0v) is 14.8. The van der Waals surface area contributed by atoms with Crippen LogP contribution in [0.15, 0.2) is 70.0 Å². The van der Waals surface area contributed by atoms with Crippen LogP contribution in [0.1, 0.15) is 23.2 Å². The fraction of sp³-hybridized carbons (Fsp3) is 0.150. The van der Waals surface area contributed by atoms with Gasteiger partial charge in [0.15, 0.2) is 5.76 Å². The van der Waals surface area contributed by atoms with Gasteiger partial charge in [0.2, 0.25) is 5.95 Å². The number of carbonyl (C=O) groups is 1. The lowest BCUT2D eigenvalue weighted by Crippen LogP contribution is -2.18. The molecule has 4 rings (SSSR count). The molecule has 136 valence electrons. The van der Waals surface area contributed by atoms with E-state index in [1.807, 2.05) is 35.8 Å². The molecule has 0 spiro atoms. The molecule has 0 aliphatic heterocycles. The first-order valence-corrected chi connectivity index (χ1v) is 8.66. The topological polar surface area (TPSA) is 82.1 Å². The normalized spacial score (nSPS) is 11.0. The standard InChI is InChI=1S/C20H18N4O3/c1-2-24-16-8-4-3-7-15(16)21-20(24)22-19(26)17-11-10-14(27-17)13-23-12-6-5-9-18(23)25/h3-12H,2,13H2,1H3,(H,21,22,26). The maximum absolute atomic E-state index is 12.6. The number of furan rings is 1. The van der Waals surface area contributed by atoms with Crippen molar-refractivity contribution in [1.82, 2.24) is 14.1 Å². The summed E-state index contributed by atoms with van der Waals surface area (Å²) in [6, 6.07) is 15.9. The summed E-state index contributed by atoms with van der Waals surface area (Å²) in [5, 5.41) is 2.81. The Hall–Kier alpha value is -3.61. The number of anilines is 1. The van der Waals surface area contributed by atoms with Crippen LogP contribution in [0, 0.1) is 0 Å². The summed E-state index contributed by atoms with van der Waals surface area (Å²) in [6.07, 6.45) is 1.67. The summed E-state index contributed by atoms with van der Waals surface area (Å²) in [7, 11) is 0. The minimum absolute atomic E-state index is 0.128. The molecule has 0 saturated carbocycles. The molecule has 1 amide bonds. The van der Waals surface area contributed by atoms with Crippen molar-refractivity contribution in [1.29, 1.82) is 0 Å². The Bertz CT molecular complexity index is 1170. The Balaban J connectivity index is 1.55. The maximum Gasteiger partial charge on any atom is 0.293 e. The average Bonchev–Trinajstić information content (AvgIpc) is 3.27. The predicted octanol–water partition coefficient (Wildman–Crippen LogP) is 3.11. The van der Waals surface area contributed by atoms with Crippen LogP contribution in [-0.2, 0) is 13.1 Å². The Labute approximate surface area is 154 Å². The molecule has 0 unspecified atom stereocenters. The molecule has 0 aliphatic carbocycles. The summed E-state index contributed by atoms with van der Waals surface area (Å²) in [4.78, 5) is 28.8. The molecule has 0 atom stereocenters. The molecule has 0 saturated heterocycles. The zero-order chi connectivity index (χ0) is 18.8. The Morgan fingerprint density at radius 1 is 1.11 bits per heavy atom. The highest BCUT2D eigenvalue weighted by molar-refractivity contribution is 6.02. The van der Waals surface area contributed by atoms with Gasteiger partial charge >= 0.3 is 0 Å². The second-order valence-corrected chi connectivity index (χ2v) is 6.06. The fourth-order valence-corrected chi connectivity index (χ4v) is 3.00. The average molecular weight is 362 g/mol. The van der Waals surface area contributed by atoms with E-state index in [1.54, 1.807) is 30.5 Å². The van der Waals surface area contributed by atoms with Crippen LogP contribution in [0.4, 0.5) is 5.95 Å². The van der Waals surface area contributed by atoms with Crippen LogP contribution in [-0.4, -0.2) is 20.0 Å². The van der Waals surface area contributed by atoms with Crippen molar-refractivity contribution in [2.75, 3.05) is 5.32 Å². The van der Waals surface area contributed by atoms with Gasteiger partial charge in [-0.2, -0.15) is 0 Å². The summed E-state index contributed by atoms with van der Waals surface area (Å²) < 4.78 is 9.06. The molecule has 1 N–H and O–H groups in total. The number of benzene rings is 1. The minimum Gasteiger partial charge on any atom is -0.454 e. The van der Waals surface area contributed by atoms with Crippen molar-refractivity contribution in [3.8, 4) is 0 Å². The van der Waals surface area contributed by atoms with E-state index in [2.05, 4.69) is 10.3 Å². The molecule has 0 aliphatic rings. The van der Waals surface area contributed by atoms with Gasteiger partial charge < -0.3 is 13.6 Å². The highest BCUT2D eigenvalue weighted by Crippen LogP contribution is 2.20. The number of fused-ring (bicyclic) bond motifs is 1. The molecular formula is C20H18N4O3. The number of rotatable bonds is 5. The number of hydrogen-bond donors (Lipinski definition) is 1. The second-order valence-electron chi connectivity index (χ2n) is 6.06. The summed E-state index contributed by atoms with van der Waals surface area (Å²) in [5.74, 6) is 0.786. The quantitative estimate of drug-likeness (QED) is 0.591. The number of pyridine rings is 1. The Morgan fingerprint density at radius 3 is 2.74 bits per heavy atom. The number of imidazole rings is 1. The molecule has 7 nitrogen and oxygen atoms in total. The van der Waals surface area contributed by atoms with Crippen LogP contribution >= 0.6 is 0 Å². The molecule has 7 heteroatoms. The molecule has 4 aromatic rings. The number of hydrogen-bond acceptors (Lipinski definition) is 4. The first kappa shape index (κ1) is 16.8. The monoisotopic (exact) mass is 362 g/mol. The summed E-state index contributed by atoms with van der Waals surface area (Å²) in [6.45, 7) is 2.93. The third-order valence-electron chi connectivity index (χ3n) is 4.31. The number of amides is 1. The van der Waals surface area contributed by atoms with E-state index >= 15 is 0 Å². The minimum atomic E-state index is -0.383. The smallest absolute Gasteiger partial charge is 0.293 e. The van der Waals surface area contributed by atoms with E-state index in [9.17, 15) is 9.59 Å². The van der Waals surface area contributed by atoms with E-state index < -0.39 is 0 Å². The number of carbonyl (C=O) groups excluding carboxylic acids is 1.